The van der Waals surface area contributed by atoms with Gasteiger partial charge in [-0.1, -0.05) is 55.2 Å². The molecule has 1 aromatic rings. The fraction of sp³-hybridized carbons (Fsp3) is 0.500. The van der Waals surface area contributed by atoms with Crippen molar-refractivity contribution in [3.8, 4) is 0 Å². The van der Waals surface area contributed by atoms with Crippen LogP contribution in [0.25, 0.3) is 5.57 Å². The number of hydrogen-bond acceptors (Lipinski definition) is 3. The van der Waals surface area contributed by atoms with E-state index in [2.05, 4.69) is 37.6 Å². The van der Waals surface area contributed by atoms with E-state index in [1.54, 1.807) is 16.7 Å². The molecule has 0 radical (unpaired) electrons. The summed E-state index contributed by atoms with van der Waals surface area (Å²) < 4.78 is 0. The molecule has 0 aliphatic heterocycles. The first-order valence-corrected chi connectivity index (χ1v) is 7.41. The molecule has 0 heterocycles. The fourth-order valence-electron chi connectivity index (χ4n) is 3.13. The molecule has 3 nitrogen and oxygen atoms in total. The third-order valence-corrected chi connectivity index (χ3v) is 3.79. The summed E-state index contributed by atoms with van der Waals surface area (Å²) in [5, 5.41) is 21.0. The summed E-state index contributed by atoms with van der Waals surface area (Å²) in [4.78, 5) is 0. The Morgan fingerprint density at radius 1 is 1.05 bits per heavy atom. The van der Waals surface area contributed by atoms with E-state index < -0.39 is 0 Å². The average molecular weight is 341 g/mol. The molecule has 3 rings (SSSR count). The number of fused-ring (bicyclic) bond motifs is 2. The Morgan fingerprint density at radius 3 is 2.23 bits per heavy atom. The van der Waals surface area contributed by atoms with Gasteiger partial charge in [0.1, 0.15) is 0 Å². The number of aliphatic hydroxyl groups is 3. The molecule has 0 aromatic heterocycles. The number of rotatable bonds is 1. The summed E-state index contributed by atoms with van der Waals surface area (Å²) in [5.74, 6) is 0.691. The quantitative estimate of drug-likeness (QED) is 0.543. The standard InChI is InChI=1S/C15H17.3CH4O.Ti/c1-2-11-12-7-3-5-9-14(12)15-10-6-4-8-13(11)15;3*1-2;/h3,5,7-9,11H,2,4,6,10H2,1H3;3*2H,1H3;/q-1;;;;. The van der Waals surface area contributed by atoms with E-state index in [0.29, 0.717) is 5.92 Å². The Balaban J connectivity index is 0. The molecule has 0 bridgehead atoms. The molecule has 2 aliphatic carbocycles. The van der Waals surface area contributed by atoms with E-state index in [1.807, 2.05) is 0 Å². The van der Waals surface area contributed by atoms with Gasteiger partial charge in [-0.25, -0.2) is 12.0 Å². The maximum absolute atomic E-state index is 7.00. The van der Waals surface area contributed by atoms with Gasteiger partial charge in [-0.3, -0.25) is 0 Å². The molecule has 0 amide bonds. The molecular weight excluding hydrogens is 312 g/mol. The molecule has 1 unspecified atom stereocenters. The van der Waals surface area contributed by atoms with Crippen molar-refractivity contribution in [2.24, 2.45) is 0 Å². The predicted octanol–water partition coefficient (Wildman–Crippen LogP) is 3.16. The van der Waals surface area contributed by atoms with Crippen LogP contribution in [0.4, 0.5) is 0 Å². The molecule has 4 heteroatoms. The molecule has 0 spiro atoms. The van der Waals surface area contributed by atoms with Gasteiger partial charge >= 0.3 is 0 Å². The number of hydrogen-bond donors (Lipinski definition) is 3. The molecule has 2 aliphatic rings. The summed E-state index contributed by atoms with van der Waals surface area (Å²) in [7, 11) is 3.00. The maximum atomic E-state index is 7.00. The molecule has 1 aromatic carbocycles. The number of aliphatic hydroxyl groups excluding tert-OH is 3. The average Bonchev–Trinajstić information content (AvgIpc) is 2.94. The van der Waals surface area contributed by atoms with Crippen molar-refractivity contribution in [1.29, 1.82) is 0 Å². The second kappa shape index (κ2) is 14.0. The molecule has 22 heavy (non-hydrogen) atoms. The van der Waals surface area contributed by atoms with Crippen LogP contribution in [0.2, 0.25) is 0 Å². The van der Waals surface area contributed by atoms with Gasteiger partial charge in [0.15, 0.2) is 0 Å². The Labute approximate surface area is 150 Å². The summed E-state index contributed by atoms with van der Waals surface area (Å²) in [6, 6.07) is 8.98. The van der Waals surface area contributed by atoms with E-state index in [0.717, 1.165) is 21.3 Å². The van der Waals surface area contributed by atoms with Gasteiger partial charge in [0.25, 0.3) is 0 Å². The number of benzene rings is 1. The van der Waals surface area contributed by atoms with Crippen molar-refractivity contribution in [3.05, 3.63) is 47.4 Å². The molecule has 0 fully saturated rings. The Bertz CT molecular complexity index is 430. The zero-order chi connectivity index (χ0) is 16.3. The van der Waals surface area contributed by atoms with Gasteiger partial charge in [0.2, 0.25) is 0 Å². The van der Waals surface area contributed by atoms with Gasteiger partial charge in [0.05, 0.1) is 0 Å². The topological polar surface area (TPSA) is 60.7 Å². The van der Waals surface area contributed by atoms with Crippen molar-refractivity contribution in [1.82, 2.24) is 0 Å². The van der Waals surface area contributed by atoms with Gasteiger partial charge < -0.3 is 15.3 Å². The molecule has 3 N–H and O–H groups in total. The van der Waals surface area contributed by atoms with Crippen molar-refractivity contribution < 1.29 is 37.0 Å². The van der Waals surface area contributed by atoms with Gasteiger partial charge in [0, 0.05) is 43.0 Å². The van der Waals surface area contributed by atoms with Crippen LogP contribution in [0.5, 0.6) is 0 Å². The van der Waals surface area contributed by atoms with Gasteiger partial charge in [-0.2, -0.15) is 5.57 Å². The zero-order valence-corrected chi connectivity index (χ0v) is 15.7. The van der Waals surface area contributed by atoms with Crippen molar-refractivity contribution in [2.45, 2.75) is 38.5 Å². The largest absolute Gasteiger partial charge is 0.400 e. The fourth-order valence-corrected chi connectivity index (χ4v) is 3.13. The SMILES string of the molecule is CCC1C2=C(CCC[CH-]2)c2ccccc21.CO.CO.CO.[Ti]. The zero-order valence-electron chi connectivity index (χ0n) is 14.1. The normalized spacial score (nSPS) is 16.8. The first kappa shape index (κ1) is 23.7. The van der Waals surface area contributed by atoms with Crippen LogP contribution in [0.3, 0.4) is 0 Å². The minimum Gasteiger partial charge on any atom is -0.400 e. The van der Waals surface area contributed by atoms with Crippen LogP contribution in [-0.2, 0) is 21.7 Å². The molecule has 124 valence electrons. The molecular formula is C18H29O3Ti-. The van der Waals surface area contributed by atoms with Crippen LogP contribution >= 0.6 is 0 Å². The van der Waals surface area contributed by atoms with Crippen LogP contribution in [-0.4, -0.2) is 36.6 Å². The van der Waals surface area contributed by atoms with Crippen LogP contribution in [0.1, 0.15) is 49.7 Å². The monoisotopic (exact) mass is 341 g/mol. The third kappa shape index (κ3) is 5.25. The second-order valence-electron chi connectivity index (χ2n) is 4.58. The third-order valence-electron chi connectivity index (χ3n) is 3.79. The van der Waals surface area contributed by atoms with Crippen LogP contribution < -0.4 is 0 Å². The van der Waals surface area contributed by atoms with Crippen molar-refractivity contribution >= 4 is 5.57 Å². The molecule has 1 atom stereocenters. The number of allylic oxidation sites excluding steroid dienone is 2. The van der Waals surface area contributed by atoms with Gasteiger partial charge in [-0.15, -0.1) is 6.42 Å². The van der Waals surface area contributed by atoms with Crippen LogP contribution in [0.15, 0.2) is 29.8 Å². The van der Waals surface area contributed by atoms with E-state index in [9.17, 15) is 0 Å². The van der Waals surface area contributed by atoms with E-state index in [1.165, 1.54) is 31.2 Å². The Hall–Kier alpha value is -0.576. The molecule has 0 saturated heterocycles. The van der Waals surface area contributed by atoms with E-state index in [-0.39, 0.29) is 21.7 Å². The summed E-state index contributed by atoms with van der Waals surface area (Å²) in [6.45, 7) is 2.31. The first-order valence-electron chi connectivity index (χ1n) is 7.41. The minimum atomic E-state index is 0. The van der Waals surface area contributed by atoms with Crippen molar-refractivity contribution in [2.75, 3.05) is 21.3 Å². The van der Waals surface area contributed by atoms with Crippen LogP contribution in [0, 0.1) is 6.42 Å². The maximum Gasteiger partial charge on any atom is 0.0319 e. The summed E-state index contributed by atoms with van der Waals surface area (Å²) in [6.07, 6.45) is 7.63. The summed E-state index contributed by atoms with van der Waals surface area (Å²) >= 11 is 0. The van der Waals surface area contributed by atoms with E-state index >= 15 is 0 Å². The smallest absolute Gasteiger partial charge is 0.0319 e. The first-order chi connectivity index (χ1) is 10.4. The second-order valence-corrected chi connectivity index (χ2v) is 4.58. The minimum absolute atomic E-state index is 0. The van der Waals surface area contributed by atoms with Crippen molar-refractivity contribution in [3.63, 3.8) is 0 Å². The Morgan fingerprint density at radius 2 is 1.64 bits per heavy atom. The van der Waals surface area contributed by atoms with E-state index in [4.69, 9.17) is 15.3 Å². The predicted molar refractivity (Wildman–Crippen MR) is 89.0 cm³/mol. The molecule has 0 saturated carbocycles. The Kier molecular flexibility index (Phi) is 15.1. The summed E-state index contributed by atoms with van der Waals surface area (Å²) in [5.41, 5.74) is 6.40. The van der Waals surface area contributed by atoms with Gasteiger partial charge in [-0.05, 0) is 12.3 Å².